The molecule has 0 radical (unpaired) electrons. The fourth-order valence-electron chi connectivity index (χ4n) is 2.20. The molecule has 1 fully saturated rings. The lowest BCUT2D eigenvalue weighted by atomic mass is 10.2. The van der Waals surface area contributed by atoms with Gasteiger partial charge in [0.2, 0.25) is 5.95 Å². The number of ether oxygens (including phenoxy) is 1. The van der Waals surface area contributed by atoms with Crippen LogP contribution in [0.5, 0.6) is 0 Å². The van der Waals surface area contributed by atoms with E-state index in [1.807, 2.05) is 0 Å². The van der Waals surface area contributed by atoms with Gasteiger partial charge in [0.05, 0.1) is 19.0 Å². The van der Waals surface area contributed by atoms with Crippen LogP contribution in [-0.2, 0) is 4.74 Å². The molecule has 9 heteroatoms. The Hall–Kier alpha value is -1.97. The molecule has 5 N–H and O–H groups in total. The van der Waals surface area contributed by atoms with E-state index in [2.05, 4.69) is 15.0 Å². The maximum atomic E-state index is 11.6. The molecule has 0 bridgehead atoms. The number of fused-ring (bicyclic) bond motifs is 1. The third-order valence-electron chi connectivity index (χ3n) is 3.15. The van der Waals surface area contributed by atoms with Crippen molar-refractivity contribution in [2.24, 2.45) is 0 Å². The lowest BCUT2D eigenvalue weighted by Crippen LogP contribution is -2.24. The van der Waals surface area contributed by atoms with E-state index in [0.717, 1.165) is 0 Å². The fraction of sp³-hybridized carbons (Fsp3) is 0.500. The number of hydrogen-bond acceptors (Lipinski definition) is 7. The summed E-state index contributed by atoms with van der Waals surface area (Å²) in [4.78, 5) is 22.0. The minimum Gasteiger partial charge on any atom is -0.394 e. The minimum atomic E-state index is -0.771. The van der Waals surface area contributed by atoms with Crippen LogP contribution in [0.2, 0.25) is 0 Å². The summed E-state index contributed by atoms with van der Waals surface area (Å²) >= 11 is 0. The molecule has 2 aromatic heterocycles. The zero-order valence-corrected chi connectivity index (χ0v) is 9.85. The molecule has 3 heterocycles. The minimum absolute atomic E-state index is 0.0171. The highest BCUT2D eigenvalue weighted by Crippen LogP contribution is 2.30. The number of nitrogens with one attached hydrogen (secondary N) is 1. The number of aromatic amines is 1. The second-order valence-corrected chi connectivity index (χ2v) is 4.39. The molecule has 102 valence electrons. The molecule has 19 heavy (non-hydrogen) atoms. The zero-order chi connectivity index (χ0) is 13.6. The first kappa shape index (κ1) is 12.1. The summed E-state index contributed by atoms with van der Waals surface area (Å²) in [6.45, 7) is -0.277. The van der Waals surface area contributed by atoms with Gasteiger partial charge in [-0.25, -0.2) is 4.98 Å². The van der Waals surface area contributed by atoms with Gasteiger partial charge in [-0.2, -0.15) is 4.98 Å². The number of anilines is 1. The van der Waals surface area contributed by atoms with Crippen molar-refractivity contribution in [1.29, 1.82) is 0 Å². The van der Waals surface area contributed by atoms with Crippen LogP contribution in [0.15, 0.2) is 11.1 Å². The molecule has 2 aromatic rings. The van der Waals surface area contributed by atoms with E-state index in [1.54, 1.807) is 0 Å². The van der Waals surface area contributed by atoms with E-state index < -0.39 is 24.0 Å². The van der Waals surface area contributed by atoms with E-state index in [-0.39, 0.29) is 30.1 Å². The van der Waals surface area contributed by atoms with Crippen LogP contribution in [0.25, 0.3) is 11.2 Å². The fourth-order valence-corrected chi connectivity index (χ4v) is 2.20. The van der Waals surface area contributed by atoms with Crippen molar-refractivity contribution >= 4 is 17.1 Å². The first-order valence-electron chi connectivity index (χ1n) is 5.77. The standard InChI is InChI=1S/C10H13N5O4/c11-10-13-8-7(9(18)14-10)12-3-15(8)6-1-4(17)5(2-16)19-6/h3-6,16-17H,1-2H2,(H3,11,13,14,18)/t4-,5?,6-/m1/s1. The number of aromatic nitrogens is 4. The van der Waals surface area contributed by atoms with E-state index in [0.29, 0.717) is 0 Å². The average molecular weight is 267 g/mol. The van der Waals surface area contributed by atoms with Crippen molar-refractivity contribution in [1.82, 2.24) is 19.5 Å². The Morgan fingerprint density at radius 2 is 2.42 bits per heavy atom. The van der Waals surface area contributed by atoms with E-state index in [9.17, 15) is 9.90 Å². The zero-order valence-electron chi connectivity index (χ0n) is 9.85. The molecular weight excluding hydrogens is 254 g/mol. The molecule has 1 aliphatic heterocycles. The number of hydrogen-bond donors (Lipinski definition) is 4. The largest absolute Gasteiger partial charge is 0.394 e. The molecule has 9 nitrogen and oxygen atoms in total. The van der Waals surface area contributed by atoms with Crippen LogP contribution in [0.1, 0.15) is 12.6 Å². The third kappa shape index (κ3) is 1.87. The van der Waals surface area contributed by atoms with Gasteiger partial charge in [-0.05, 0) is 0 Å². The Bertz CT molecular complexity index is 665. The number of H-pyrrole nitrogens is 1. The Kier molecular flexibility index (Phi) is 2.73. The quantitative estimate of drug-likeness (QED) is 0.510. The molecule has 0 aliphatic carbocycles. The van der Waals surface area contributed by atoms with Crippen molar-refractivity contribution in [3.8, 4) is 0 Å². The lowest BCUT2D eigenvalue weighted by molar-refractivity contribution is -0.0432. The molecule has 1 aliphatic rings. The smallest absolute Gasteiger partial charge is 0.280 e. The summed E-state index contributed by atoms with van der Waals surface area (Å²) in [5, 5.41) is 18.8. The molecule has 1 saturated heterocycles. The first-order valence-corrected chi connectivity index (χ1v) is 5.77. The maximum absolute atomic E-state index is 11.6. The van der Waals surface area contributed by atoms with Gasteiger partial charge in [0.15, 0.2) is 11.2 Å². The molecule has 0 saturated carbocycles. The summed E-state index contributed by atoms with van der Waals surface area (Å²) in [7, 11) is 0. The van der Waals surface area contributed by atoms with Gasteiger partial charge in [0.25, 0.3) is 5.56 Å². The summed E-state index contributed by atoms with van der Waals surface area (Å²) in [6, 6.07) is 0. The normalized spacial score (nSPS) is 27.2. The highest BCUT2D eigenvalue weighted by atomic mass is 16.5. The van der Waals surface area contributed by atoms with Crippen molar-refractivity contribution < 1.29 is 14.9 Å². The number of nitrogens with zero attached hydrogens (tertiary/aromatic N) is 3. The van der Waals surface area contributed by atoms with Crippen LogP contribution < -0.4 is 11.3 Å². The number of aliphatic hydroxyl groups excluding tert-OH is 2. The van der Waals surface area contributed by atoms with Gasteiger partial charge in [-0.3, -0.25) is 14.3 Å². The van der Waals surface area contributed by atoms with Crippen LogP contribution in [0.4, 0.5) is 5.95 Å². The number of imidazole rings is 1. The second-order valence-electron chi connectivity index (χ2n) is 4.39. The van der Waals surface area contributed by atoms with Crippen LogP contribution in [0, 0.1) is 0 Å². The van der Waals surface area contributed by atoms with Crippen molar-refractivity contribution in [3.05, 3.63) is 16.7 Å². The summed E-state index contributed by atoms with van der Waals surface area (Å²) in [5.74, 6) is -0.0171. The monoisotopic (exact) mass is 267 g/mol. The number of nitrogen functional groups attached to an aromatic ring is 1. The van der Waals surface area contributed by atoms with Crippen molar-refractivity contribution in [2.75, 3.05) is 12.3 Å². The van der Waals surface area contributed by atoms with E-state index >= 15 is 0 Å². The van der Waals surface area contributed by atoms with Crippen LogP contribution in [-0.4, -0.2) is 48.5 Å². The average Bonchev–Trinajstić information content (AvgIpc) is 2.92. The molecule has 0 spiro atoms. The SMILES string of the molecule is Nc1nc2c(ncn2[C@H]2C[C@@H](O)C(CO)O2)c(=O)[nH]1. The second kappa shape index (κ2) is 4.30. The van der Waals surface area contributed by atoms with Crippen LogP contribution >= 0.6 is 0 Å². The Labute approximate surface area is 106 Å². The first-order chi connectivity index (χ1) is 9.10. The topological polar surface area (TPSA) is 139 Å². The highest BCUT2D eigenvalue weighted by Gasteiger charge is 2.35. The summed E-state index contributed by atoms with van der Waals surface area (Å²) in [6.07, 6.45) is -0.270. The Balaban J connectivity index is 2.05. The van der Waals surface area contributed by atoms with Crippen LogP contribution in [0.3, 0.4) is 0 Å². The Morgan fingerprint density at radius 3 is 3.11 bits per heavy atom. The van der Waals surface area contributed by atoms with Gasteiger partial charge >= 0.3 is 0 Å². The van der Waals surface area contributed by atoms with E-state index in [4.69, 9.17) is 15.6 Å². The van der Waals surface area contributed by atoms with Crippen molar-refractivity contribution in [2.45, 2.75) is 24.9 Å². The number of rotatable bonds is 2. The summed E-state index contributed by atoms with van der Waals surface area (Å²) in [5.41, 5.74) is 5.50. The van der Waals surface area contributed by atoms with Crippen molar-refractivity contribution in [3.63, 3.8) is 0 Å². The van der Waals surface area contributed by atoms with Gasteiger partial charge in [-0.1, -0.05) is 0 Å². The predicted octanol–water partition coefficient (Wildman–Crippen LogP) is -1.66. The highest BCUT2D eigenvalue weighted by molar-refractivity contribution is 5.70. The predicted molar refractivity (Wildman–Crippen MR) is 64.2 cm³/mol. The maximum Gasteiger partial charge on any atom is 0.280 e. The van der Waals surface area contributed by atoms with Gasteiger partial charge in [0, 0.05) is 6.42 Å². The van der Waals surface area contributed by atoms with Gasteiger partial charge in [0.1, 0.15) is 12.3 Å². The third-order valence-corrected chi connectivity index (χ3v) is 3.15. The number of nitrogens with two attached hydrogens (primary N) is 1. The molecule has 3 atom stereocenters. The molecule has 3 rings (SSSR count). The molecule has 0 amide bonds. The molecule has 1 unspecified atom stereocenters. The van der Waals surface area contributed by atoms with Gasteiger partial charge < -0.3 is 20.7 Å². The molecule has 0 aromatic carbocycles. The van der Waals surface area contributed by atoms with E-state index in [1.165, 1.54) is 10.9 Å². The molecular formula is C10H13N5O4. The van der Waals surface area contributed by atoms with Gasteiger partial charge in [-0.15, -0.1) is 0 Å². The number of aliphatic hydroxyl groups is 2. The Morgan fingerprint density at radius 1 is 1.63 bits per heavy atom. The summed E-state index contributed by atoms with van der Waals surface area (Å²) < 4.78 is 7.01. The lowest BCUT2D eigenvalue weighted by Gasteiger charge is -2.13.